The third-order valence-corrected chi connectivity index (χ3v) is 7.00. The summed E-state index contributed by atoms with van der Waals surface area (Å²) in [6.45, 7) is 4.39. The first-order chi connectivity index (χ1) is 12.1. The molecule has 0 radical (unpaired) electrons. The van der Waals surface area contributed by atoms with Crippen molar-refractivity contribution in [2.24, 2.45) is 4.99 Å². The van der Waals surface area contributed by atoms with Crippen molar-refractivity contribution in [2.45, 2.75) is 19.9 Å². The van der Waals surface area contributed by atoms with Gasteiger partial charge in [-0.3, -0.25) is 4.99 Å². The van der Waals surface area contributed by atoms with Gasteiger partial charge in [-0.1, -0.05) is 31.2 Å². The molecule has 0 unspecified atom stereocenters. The predicted octanol–water partition coefficient (Wildman–Crippen LogP) is 1.29. The molecule has 1 saturated heterocycles. The molecule has 0 amide bonds. The van der Waals surface area contributed by atoms with E-state index in [9.17, 15) is 8.42 Å². The van der Waals surface area contributed by atoms with E-state index in [1.54, 1.807) is 23.1 Å². The van der Waals surface area contributed by atoms with E-state index in [-0.39, 0.29) is 5.75 Å². The molecule has 8 heteroatoms. The number of aliphatic imine (C=N–C) groups is 1. The molecule has 1 fully saturated rings. The van der Waals surface area contributed by atoms with Gasteiger partial charge in [0.2, 0.25) is 10.0 Å². The molecule has 0 aliphatic carbocycles. The summed E-state index contributed by atoms with van der Waals surface area (Å²) in [7, 11) is -1.50. The molecule has 6 nitrogen and oxygen atoms in total. The Bertz CT molecular complexity index is 671. The third kappa shape index (κ3) is 6.20. The number of thioether (sulfide) groups is 1. The van der Waals surface area contributed by atoms with Crippen LogP contribution in [0.2, 0.25) is 0 Å². The van der Waals surface area contributed by atoms with Crippen LogP contribution in [0.25, 0.3) is 0 Å². The van der Waals surface area contributed by atoms with Gasteiger partial charge in [-0.2, -0.15) is 11.8 Å². The number of hydrogen-bond donors (Lipinski definition) is 2. The van der Waals surface area contributed by atoms with Gasteiger partial charge >= 0.3 is 0 Å². The van der Waals surface area contributed by atoms with Crippen LogP contribution in [0.4, 0.5) is 0 Å². The minimum atomic E-state index is -3.19. The highest BCUT2D eigenvalue weighted by Crippen LogP contribution is 2.13. The highest BCUT2D eigenvalue weighted by atomic mass is 32.2. The fourth-order valence-electron chi connectivity index (χ4n) is 2.73. The summed E-state index contributed by atoms with van der Waals surface area (Å²) >= 11 is 1.80. The molecule has 25 heavy (non-hydrogen) atoms. The Morgan fingerprint density at radius 1 is 1.20 bits per heavy atom. The maximum absolute atomic E-state index is 12.3. The number of aryl methyl sites for hydroxylation is 1. The zero-order valence-corrected chi connectivity index (χ0v) is 16.6. The Hall–Kier alpha value is -1.25. The summed E-state index contributed by atoms with van der Waals surface area (Å²) in [4.78, 5) is 4.17. The van der Waals surface area contributed by atoms with Gasteiger partial charge in [-0.25, -0.2) is 12.7 Å². The first-order valence-corrected chi connectivity index (χ1v) is 11.4. The van der Waals surface area contributed by atoms with E-state index in [1.807, 2.05) is 12.1 Å². The van der Waals surface area contributed by atoms with E-state index >= 15 is 0 Å². The molecule has 0 saturated carbocycles. The first-order valence-electron chi connectivity index (χ1n) is 8.63. The smallest absolute Gasteiger partial charge is 0.215 e. The normalized spacial score (nSPS) is 16.6. The van der Waals surface area contributed by atoms with Crippen molar-refractivity contribution in [3.8, 4) is 0 Å². The fraction of sp³-hybridized carbons (Fsp3) is 0.588. The van der Waals surface area contributed by atoms with Crippen molar-refractivity contribution in [1.29, 1.82) is 0 Å². The lowest BCUT2D eigenvalue weighted by atomic mass is 10.1. The van der Waals surface area contributed by atoms with Gasteiger partial charge in [-0.05, 0) is 17.5 Å². The number of nitrogens with zero attached hydrogens (tertiary/aromatic N) is 2. The molecule has 1 aromatic rings. The molecule has 2 rings (SSSR count). The molecule has 1 aromatic carbocycles. The van der Waals surface area contributed by atoms with Crippen LogP contribution in [0.1, 0.15) is 18.1 Å². The highest BCUT2D eigenvalue weighted by Gasteiger charge is 2.23. The molecule has 140 valence electrons. The number of benzene rings is 1. The van der Waals surface area contributed by atoms with Gasteiger partial charge in [-0.15, -0.1) is 0 Å². The summed E-state index contributed by atoms with van der Waals surface area (Å²) in [5.41, 5.74) is 2.53. The van der Waals surface area contributed by atoms with E-state index in [0.717, 1.165) is 17.9 Å². The van der Waals surface area contributed by atoms with Crippen LogP contribution in [0, 0.1) is 0 Å². The topological polar surface area (TPSA) is 73.8 Å². The van der Waals surface area contributed by atoms with Crippen LogP contribution in [-0.4, -0.2) is 62.6 Å². The van der Waals surface area contributed by atoms with E-state index in [2.05, 4.69) is 34.7 Å². The molecule has 1 aliphatic heterocycles. The lowest BCUT2D eigenvalue weighted by Crippen LogP contribution is -2.44. The summed E-state index contributed by atoms with van der Waals surface area (Å²) in [6, 6.07) is 8.28. The monoisotopic (exact) mass is 384 g/mol. The van der Waals surface area contributed by atoms with Crippen molar-refractivity contribution in [2.75, 3.05) is 43.9 Å². The number of rotatable bonds is 7. The molecular weight excluding hydrogens is 356 g/mol. The Morgan fingerprint density at radius 3 is 2.52 bits per heavy atom. The first kappa shape index (κ1) is 20.1. The van der Waals surface area contributed by atoms with E-state index in [1.165, 1.54) is 11.1 Å². The largest absolute Gasteiger partial charge is 0.355 e. The molecule has 0 spiro atoms. The summed E-state index contributed by atoms with van der Waals surface area (Å²) in [5, 5.41) is 6.35. The van der Waals surface area contributed by atoms with Crippen molar-refractivity contribution in [3.05, 3.63) is 35.4 Å². The minimum Gasteiger partial charge on any atom is -0.355 e. The van der Waals surface area contributed by atoms with Gasteiger partial charge in [0.1, 0.15) is 0 Å². The zero-order chi connectivity index (χ0) is 18.1. The average Bonchev–Trinajstić information content (AvgIpc) is 2.65. The molecule has 1 heterocycles. The zero-order valence-electron chi connectivity index (χ0n) is 15.0. The van der Waals surface area contributed by atoms with Crippen LogP contribution >= 0.6 is 11.8 Å². The van der Waals surface area contributed by atoms with Gasteiger partial charge in [0, 0.05) is 44.7 Å². The average molecular weight is 385 g/mol. The van der Waals surface area contributed by atoms with Crippen LogP contribution < -0.4 is 10.6 Å². The molecule has 0 aromatic heterocycles. The Labute approximate surface area is 155 Å². The van der Waals surface area contributed by atoms with Crippen molar-refractivity contribution in [3.63, 3.8) is 0 Å². The van der Waals surface area contributed by atoms with Crippen LogP contribution in [0.15, 0.2) is 29.3 Å². The van der Waals surface area contributed by atoms with Crippen LogP contribution in [0.3, 0.4) is 0 Å². The lowest BCUT2D eigenvalue weighted by molar-refractivity contribution is 0.443. The number of nitrogens with one attached hydrogen (secondary N) is 2. The van der Waals surface area contributed by atoms with E-state index < -0.39 is 10.0 Å². The maximum Gasteiger partial charge on any atom is 0.215 e. The predicted molar refractivity (Wildman–Crippen MR) is 107 cm³/mol. The SMILES string of the molecule is CCc1ccccc1CNC(=NC)NCCS(=O)(=O)N1CCSCC1. The van der Waals surface area contributed by atoms with Gasteiger partial charge in [0.05, 0.1) is 5.75 Å². The maximum atomic E-state index is 12.3. The summed E-state index contributed by atoms with van der Waals surface area (Å²) < 4.78 is 26.3. The second-order valence-electron chi connectivity index (χ2n) is 5.80. The minimum absolute atomic E-state index is 0.0872. The summed E-state index contributed by atoms with van der Waals surface area (Å²) in [6.07, 6.45) is 0.982. The fourth-order valence-corrected chi connectivity index (χ4v) is 5.22. The molecule has 2 N–H and O–H groups in total. The standard InChI is InChI=1S/C17H28N4O2S2/c1-3-15-6-4-5-7-16(15)14-20-17(18-2)19-8-13-25(22,23)21-9-11-24-12-10-21/h4-7H,3,8-14H2,1-2H3,(H2,18,19,20). The molecule has 0 bridgehead atoms. The van der Waals surface area contributed by atoms with Gasteiger partial charge < -0.3 is 10.6 Å². The quantitative estimate of drug-likeness (QED) is 0.547. The Kier molecular flexibility index (Phi) is 8.05. The van der Waals surface area contributed by atoms with Crippen molar-refractivity contribution >= 4 is 27.7 Å². The van der Waals surface area contributed by atoms with Crippen molar-refractivity contribution < 1.29 is 8.42 Å². The van der Waals surface area contributed by atoms with E-state index in [0.29, 0.717) is 32.1 Å². The number of guanidine groups is 1. The third-order valence-electron chi connectivity index (χ3n) is 4.19. The number of sulfonamides is 1. The summed E-state index contributed by atoms with van der Waals surface area (Å²) in [5.74, 6) is 2.47. The van der Waals surface area contributed by atoms with Crippen molar-refractivity contribution in [1.82, 2.24) is 14.9 Å². The van der Waals surface area contributed by atoms with Gasteiger partial charge in [0.15, 0.2) is 5.96 Å². The second kappa shape index (κ2) is 10.0. The molecular formula is C17H28N4O2S2. The molecule has 0 atom stereocenters. The van der Waals surface area contributed by atoms with Crippen LogP contribution in [0.5, 0.6) is 0 Å². The van der Waals surface area contributed by atoms with Gasteiger partial charge in [0.25, 0.3) is 0 Å². The Balaban J connectivity index is 1.80. The Morgan fingerprint density at radius 2 is 1.88 bits per heavy atom. The second-order valence-corrected chi connectivity index (χ2v) is 9.12. The highest BCUT2D eigenvalue weighted by molar-refractivity contribution is 7.99. The van der Waals surface area contributed by atoms with E-state index in [4.69, 9.17) is 0 Å². The molecule has 1 aliphatic rings. The van der Waals surface area contributed by atoms with Crippen LogP contribution in [-0.2, 0) is 23.0 Å². The lowest BCUT2D eigenvalue weighted by Gasteiger charge is -2.25. The number of hydrogen-bond acceptors (Lipinski definition) is 4.